The van der Waals surface area contributed by atoms with Crippen molar-refractivity contribution in [3.63, 3.8) is 0 Å². The molecule has 1 saturated carbocycles. The van der Waals surface area contributed by atoms with Gasteiger partial charge in [0.1, 0.15) is 5.75 Å². The molecule has 3 N–H and O–H groups in total. The Hall–Kier alpha value is -1.22. The summed E-state index contributed by atoms with van der Waals surface area (Å²) in [6.45, 7) is 1.46. The van der Waals surface area contributed by atoms with Crippen LogP contribution in [-0.2, 0) is 0 Å². The van der Waals surface area contributed by atoms with Crippen LogP contribution >= 0.6 is 0 Å². The lowest BCUT2D eigenvalue weighted by Gasteiger charge is -2.07. The predicted molar refractivity (Wildman–Crippen MR) is 57.6 cm³/mol. The normalized spacial score (nSPS) is 15.2. The van der Waals surface area contributed by atoms with Gasteiger partial charge in [0.15, 0.2) is 0 Å². The van der Waals surface area contributed by atoms with Crippen LogP contribution in [0.4, 0.5) is 5.69 Å². The van der Waals surface area contributed by atoms with Crippen molar-refractivity contribution in [1.82, 2.24) is 0 Å². The van der Waals surface area contributed by atoms with E-state index in [0.717, 1.165) is 18.0 Å². The third-order valence-electron chi connectivity index (χ3n) is 2.15. The molecule has 1 aliphatic rings. The summed E-state index contributed by atoms with van der Waals surface area (Å²) in [5.74, 6) is 0.964. The number of nitrogens with two attached hydrogens (primary N) is 1. The lowest BCUT2D eigenvalue weighted by Crippen LogP contribution is -2.12. The van der Waals surface area contributed by atoms with Crippen LogP contribution in [-0.4, -0.2) is 19.2 Å². The highest BCUT2D eigenvalue weighted by atomic mass is 16.5. The summed E-state index contributed by atoms with van der Waals surface area (Å²) in [4.78, 5) is 0. The zero-order valence-corrected chi connectivity index (χ0v) is 8.20. The van der Waals surface area contributed by atoms with Gasteiger partial charge in [-0.1, -0.05) is 0 Å². The van der Waals surface area contributed by atoms with Crippen molar-refractivity contribution in [2.45, 2.75) is 18.9 Å². The third kappa shape index (κ3) is 2.64. The maximum Gasteiger partial charge on any atom is 0.119 e. The number of nitrogens with one attached hydrogen (secondary N) is 1. The maximum atomic E-state index is 5.63. The summed E-state index contributed by atoms with van der Waals surface area (Å²) in [5, 5.41) is 3.21. The zero-order chi connectivity index (χ0) is 9.80. The van der Waals surface area contributed by atoms with E-state index in [9.17, 15) is 0 Å². The van der Waals surface area contributed by atoms with E-state index in [0.29, 0.717) is 12.6 Å². The van der Waals surface area contributed by atoms with Crippen LogP contribution < -0.4 is 15.8 Å². The molecule has 1 aromatic rings. The molecule has 14 heavy (non-hydrogen) atoms. The van der Waals surface area contributed by atoms with Crippen LogP contribution in [0.15, 0.2) is 24.3 Å². The van der Waals surface area contributed by atoms with Gasteiger partial charge in [0.05, 0.1) is 6.10 Å². The van der Waals surface area contributed by atoms with Gasteiger partial charge < -0.3 is 15.8 Å². The van der Waals surface area contributed by atoms with E-state index in [2.05, 4.69) is 5.32 Å². The number of rotatable bonds is 5. The van der Waals surface area contributed by atoms with Gasteiger partial charge in [-0.25, -0.2) is 0 Å². The molecule has 0 aromatic heterocycles. The molecule has 3 nitrogen and oxygen atoms in total. The average molecular weight is 192 g/mol. The van der Waals surface area contributed by atoms with Gasteiger partial charge in [-0.05, 0) is 37.1 Å². The van der Waals surface area contributed by atoms with Crippen molar-refractivity contribution in [3.05, 3.63) is 24.3 Å². The molecule has 2 rings (SSSR count). The molecule has 0 aliphatic heterocycles. The van der Waals surface area contributed by atoms with Gasteiger partial charge in [0.2, 0.25) is 0 Å². The molecule has 0 unspecified atom stereocenters. The van der Waals surface area contributed by atoms with E-state index < -0.39 is 0 Å². The fraction of sp³-hybridized carbons (Fsp3) is 0.455. The van der Waals surface area contributed by atoms with Gasteiger partial charge in [-0.3, -0.25) is 0 Å². The van der Waals surface area contributed by atoms with Crippen molar-refractivity contribution >= 4 is 5.69 Å². The Morgan fingerprint density at radius 1 is 1.29 bits per heavy atom. The highest BCUT2D eigenvalue weighted by molar-refractivity contribution is 5.46. The van der Waals surface area contributed by atoms with Gasteiger partial charge in [-0.2, -0.15) is 0 Å². The molecule has 0 spiro atoms. The van der Waals surface area contributed by atoms with Crippen LogP contribution in [0.25, 0.3) is 0 Å². The van der Waals surface area contributed by atoms with Crippen LogP contribution in [0.5, 0.6) is 5.75 Å². The molecule has 76 valence electrons. The first kappa shape index (κ1) is 9.34. The van der Waals surface area contributed by atoms with Crippen LogP contribution in [0.3, 0.4) is 0 Å². The Morgan fingerprint density at radius 3 is 2.57 bits per heavy atom. The molecule has 0 bridgehead atoms. The molecule has 0 atom stereocenters. The minimum absolute atomic E-state index is 0.470. The zero-order valence-electron chi connectivity index (χ0n) is 8.20. The standard InChI is InChI=1S/C11H16N2O/c12-7-8-13-9-1-3-10(4-2-9)14-11-5-6-11/h1-4,11,13H,5-8,12H2. The van der Waals surface area contributed by atoms with Crippen LogP contribution in [0.1, 0.15) is 12.8 Å². The van der Waals surface area contributed by atoms with Gasteiger partial charge in [-0.15, -0.1) is 0 Å². The minimum atomic E-state index is 0.470. The first-order valence-corrected chi connectivity index (χ1v) is 5.09. The quantitative estimate of drug-likeness (QED) is 0.745. The molecule has 0 saturated heterocycles. The molecule has 1 aromatic carbocycles. The second-order valence-electron chi connectivity index (χ2n) is 3.56. The predicted octanol–water partition coefficient (Wildman–Crippen LogP) is 1.60. The minimum Gasteiger partial charge on any atom is -0.490 e. The fourth-order valence-corrected chi connectivity index (χ4v) is 1.25. The maximum absolute atomic E-state index is 5.63. The van der Waals surface area contributed by atoms with E-state index in [-0.39, 0.29) is 0 Å². The largest absolute Gasteiger partial charge is 0.490 e. The van der Waals surface area contributed by atoms with E-state index in [1.165, 1.54) is 12.8 Å². The fourth-order valence-electron chi connectivity index (χ4n) is 1.25. The SMILES string of the molecule is NCCNc1ccc(OC2CC2)cc1. The van der Waals surface area contributed by atoms with Crippen molar-refractivity contribution in [2.75, 3.05) is 18.4 Å². The van der Waals surface area contributed by atoms with Crippen molar-refractivity contribution in [1.29, 1.82) is 0 Å². The third-order valence-corrected chi connectivity index (χ3v) is 2.15. The first-order chi connectivity index (χ1) is 6.88. The number of benzene rings is 1. The van der Waals surface area contributed by atoms with Crippen LogP contribution in [0, 0.1) is 0 Å². The van der Waals surface area contributed by atoms with Crippen molar-refractivity contribution in [3.8, 4) is 5.75 Å². The highest BCUT2D eigenvalue weighted by Gasteiger charge is 2.23. The second kappa shape index (κ2) is 4.33. The smallest absolute Gasteiger partial charge is 0.119 e. The summed E-state index contributed by atoms with van der Waals surface area (Å²) < 4.78 is 5.63. The molecule has 0 amide bonds. The summed E-state index contributed by atoms with van der Waals surface area (Å²) in [6.07, 6.45) is 2.87. The van der Waals surface area contributed by atoms with Crippen molar-refractivity contribution in [2.24, 2.45) is 5.73 Å². The molecular weight excluding hydrogens is 176 g/mol. The summed E-state index contributed by atoms with van der Waals surface area (Å²) >= 11 is 0. The first-order valence-electron chi connectivity index (χ1n) is 5.09. The van der Waals surface area contributed by atoms with E-state index in [1.807, 2.05) is 24.3 Å². The topological polar surface area (TPSA) is 47.3 Å². The Kier molecular flexibility index (Phi) is 2.89. The van der Waals surface area contributed by atoms with Crippen molar-refractivity contribution < 1.29 is 4.74 Å². The lowest BCUT2D eigenvalue weighted by molar-refractivity contribution is 0.303. The Balaban J connectivity index is 1.88. The molecule has 0 radical (unpaired) electrons. The van der Waals surface area contributed by atoms with Gasteiger partial charge >= 0.3 is 0 Å². The number of hydrogen-bond acceptors (Lipinski definition) is 3. The Bertz CT molecular complexity index is 280. The molecule has 0 heterocycles. The monoisotopic (exact) mass is 192 g/mol. The van der Waals surface area contributed by atoms with E-state index in [1.54, 1.807) is 0 Å². The number of anilines is 1. The highest BCUT2D eigenvalue weighted by Crippen LogP contribution is 2.27. The average Bonchev–Trinajstić information content (AvgIpc) is 3.01. The summed E-state index contributed by atoms with van der Waals surface area (Å²) in [6, 6.07) is 8.04. The molecule has 3 heteroatoms. The van der Waals surface area contributed by atoms with Crippen LogP contribution in [0.2, 0.25) is 0 Å². The van der Waals surface area contributed by atoms with E-state index in [4.69, 9.17) is 10.5 Å². The van der Waals surface area contributed by atoms with Gasteiger partial charge in [0, 0.05) is 18.8 Å². The Labute approximate surface area is 84.3 Å². The summed E-state index contributed by atoms with van der Waals surface area (Å²) in [5.41, 5.74) is 6.49. The van der Waals surface area contributed by atoms with Gasteiger partial charge in [0.25, 0.3) is 0 Å². The molecule has 1 aliphatic carbocycles. The molecular formula is C11H16N2O. The summed E-state index contributed by atoms with van der Waals surface area (Å²) in [7, 11) is 0. The Morgan fingerprint density at radius 2 is 2.00 bits per heavy atom. The number of ether oxygens (including phenoxy) is 1. The number of hydrogen-bond donors (Lipinski definition) is 2. The molecule has 1 fully saturated rings. The van der Waals surface area contributed by atoms with E-state index >= 15 is 0 Å². The lowest BCUT2D eigenvalue weighted by atomic mass is 10.3. The second-order valence-corrected chi connectivity index (χ2v) is 3.56.